The van der Waals surface area contributed by atoms with Gasteiger partial charge in [0, 0.05) is 32.4 Å². The summed E-state index contributed by atoms with van der Waals surface area (Å²) in [5.74, 6) is 0.113. The highest BCUT2D eigenvalue weighted by Crippen LogP contribution is 2.20. The van der Waals surface area contributed by atoms with Gasteiger partial charge in [-0.1, -0.05) is 6.07 Å². The zero-order valence-corrected chi connectivity index (χ0v) is 15.7. The van der Waals surface area contributed by atoms with Crippen LogP contribution in [0.5, 0.6) is 0 Å². The number of nitrogens with one attached hydrogen (secondary N) is 1. The first-order chi connectivity index (χ1) is 12.6. The van der Waals surface area contributed by atoms with Crippen LogP contribution in [0.1, 0.15) is 36.9 Å². The summed E-state index contributed by atoms with van der Waals surface area (Å²) >= 11 is 0. The molecule has 2 rings (SSSR count). The third kappa shape index (κ3) is 6.90. The topological polar surface area (TPSA) is 101 Å². The number of carboxylic acids is 1. The van der Waals surface area contributed by atoms with Crippen LogP contribution in [0.3, 0.4) is 0 Å². The highest BCUT2D eigenvalue weighted by atomic mass is 16.5. The van der Waals surface area contributed by atoms with E-state index in [1.165, 1.54) is 12.0 Å². The van der Waals surface area contributed by atoms with Crippen LogP contribution >= 0.6 is 0 Å². The first-order valence-corrected chi connectivity index (χ1v) is 9.52. The molecule has 0 saturated heterocycles. The summed E-state index contributed by atoms with van der Waals surface area (Å²) in [5.41, 5.74) is 8.06. The minimum absolute atomic E-state index is 0.455. The molecule has 7 nitrogen and oxygen atoms in total. The zero-order valence-electron chi connectivity index (χ0n) is 15.7. The molecular weight excluding hydrogens is 332 g/mol. The van der Waals surface area contributed by atoms with Crippen molar-refractivity contribution in [2.75, 3.05) is 45.2 Å². The second-order valence-electron chi connectivity index (χ2n) is 6.87. The Labute approximate surface area is 155 Å². The molecule has 1 atom stereocenters. The molecule has 1 aromatic rings. The fourth-order valence-corrected chi connectivity index (χ4v) is 3.15. The molecule has 0 fully saturated rings. The number of nitrogens with two attached hydrogens (primary N) is 1. The normalized spacial score (nSPS) is 14.7. The number of nitrogens with zero attached hydrogens (tertiary/aromatic N) is 2. The van der Waals surface area contributed by atoms with Crippen LogP contribution in [0.25, 0.3) is 0 Å². The SMILES string of the molecule is COCCN(CCCCc1ccc2c(n1)NCCC2)CC[C@H](N)C(=O)O. The second-order valence-corrected chi connectivity index (χ2v) is 6.87. The van der Waals surface area contributed by atoms with E-state index in [0.717, 1.165) is 56.8 Å². The van der Waals surface area contributed by atoms with Crippen LogP contribution in [0.4, 0.5) is 5.82 Å². The van der Waals surface area contributed by atoms with Crippen molar-refractivity contribution in [1.82, 2.24) is 9.88 Å². The molecule has 0 unspecified atom stereocenters. The van der Waals surface area contributed by atoms with Crippen LogP contribution in [0.15, 0.2) is 12.1 Å². The predicted molar refractivity (Wildman–Crippen MR) is 103 cm³/mol. The number of aliphatic carboxylic acids is 1. The fourth-order valence-electron chi connectivity index (χ4n) is 3.15. The molecule has 1 aromatic heterocycles. The molecule has 1 aliphatic rings. The number of hydrogen-bond donors (Lipinski definition) is 3. The molecular formula is C19H32N4O3. The highest BCUT2D eigenvalue weighted by molar-refractivity contribution is 5.72. The van der Waals surface area contributed by atoms with Crippen molar-refractivity contribution in [1.29, 1.82) is 0 Å². The van der Waals surface area contributed by atoms with E-state index in [0.29, 0.717) is 19.6 Å². The lowest BCUT2D eigenvalue weighted by Crippen LogP contribution is -2.37. The molecule has 2 heterocycles. The third-order valence-corrected chi connectivity index (χ3v) is 4.79. The maximum absolute atomic E-state index is 10.9. The number of anilines is 1. The lowest BCUT2D eigenvalue weighted by molar-refractivity contribution is -0.138. The number of carbonyl (C=O) groups is 1. The van der Waals surface area contributed by atoms with Gasteiger partial charge in [0.25, 0.3) is 0 Å². The maximum Gasteiger partial charge on any atom is 0.320 e. The summed E-state index contributed by atoms with van der Waals surface area (Å²) in [6.45, 7) is 4.04. The Morgan fingerprint density at radius 2 is 2.23 bits per heavy atom. The van der Waals surface area contributed by atoms with E-state index < -0.39 is 12.0 Å². The first-order valence-electron chi connectivity index (χ1n) is 9.52. The molecule has 1 aliphatic heterocycles. The summed E-state index contributed by atoms with van der Waals surface area (Å²) in [7, 11) is 1.68. The van der Waals surface area contributed by atoms with Crippen LogP contribution < -0.4 is 11.1 Å². The molecule has 0 bridgehead atoms. The molecule has 146 valence electrons. The monoisotopic (exact) mass is 364 g/mol. The number of fused-ring (bicyclic) bond motifs is 1. The third-order valence-electron chi connectivity index (χ3n) is 4.79. The zero-order chi connectivity index (χ0) is 18.8. The number of carboxylic acid groups (broad SMARTS) is 1. The number of methoxy groups -OCH3 is 1. The van der Waals surface area contributed by atoms with E-state index in [9.17, 15) is 4.79 Å². The lowest BCUT2D eigenvalue weighted by atomic mass is 10.1. The molecule has 4 N–H and O–H groups in total. The number of aromatic nitrogens is 1. The smallest absolute Gasteiger partial charge is 0.320 e. The molecule has 0 aliphatic carbocycles. The Hall–Kier alpha value is -1.70. The van der Waals surface area contributed by atoms with Crippen LogP contribution in [-0.2, 0) is 22.4 Å². The highest BCUT2D eigenvalue weighted by Gasteiger charge is 2.14. The van der Waals surface area contributed by atoms with Gasteiger partial charge in [0.15, 0.2) is 0 Å². The second kappa shape index (κ2) is 11.1. The number of ether oxygens (including phenoxy) is 1. The van der Waals surface area contributed by atoms with Gasteiger partial charge in [-0.2, -0.15) is 0 Å². The summed E-state index contributed by atoms with van der Waals surface area (Å²) in [5, 5.41) is 12.3. The Morgan fingerprint density at radius 1 is 1.38 bits per heavy atom. The van der Waals surface area contributed by atoms with Gasteiger partial charge in [-0.25, -0.2) is 4.98 Å². The standard InChI is InChI=1S/C19H32N4O3/c1-26-14-13-23(12-9-17(20)19(24)25)11-3-2-6-16-8-7-15-5-4-10-21-18(15)22-16/h7-8,17H,2-6,9-14,20H2,1H3,(H,21,22)(H,24,25)/t17-/m0/s1. The number of pyridine rings is 1. The van der Waals surface area contributed by atoms with E-state index in [2.05, 4.69) is 22.3 Å². The molecule has 26 heavy (non-hydrogen) atoms. The van der Waals surface area contributed by atoms with Crippen molar-refractivity contribution in [3.05, 3.63) is 23.4 Å². The average Bonchev–Trinajstić information content (AvgIpc) is 2.66. The number of rotatable bonds is 12. The Morgan fingerprint density at radius 3 is 3.00 bits per heavy atom. The summed E-state index contributed by atoms with van der Waals surface area (Å²) in [6.07, 6.45) is 5.80. The van der Waals surface area contributed by atoms with E-state index in [-0.39, 0.29) is 0 Å². The van der Waals surface area contributed by atoms with Gasteiger partial charge in [-0.3, -0.25) is 4.79 Å². The van der Waals surface area contributed by atoms with Gasteiger partial charge in [0.1, 0.15) is 11.9 Å². The summed E-state index contributed by atoms with van der Waals surface area (Å²) < 4.78 is 5.15. The fraction of sp³-hybridized carbons (Fsp3) is 0.684. The molecule has 7 heteroatoms. The van der Waals surface area contributed by atoms with Crippen LogP contribution in [-0.4, -0.2) is 66.9 Å². The first kappa shape index (κ1) is 20.6. The molecule has 0 saturated carbocycles. The summed E-state index contributed by atoms with van der Waals surface area (Å²) in [4.78, 5) is 17.8. The maximum atomic E-state index is 10.9. The molecule has 0 aromatic carbocycles. The van der Waals surface area contributed by atoms with E-state index in [1.807, 2.05) is 0 Å². The minimum Gasteiger partial charge on any atom is -0.480 e. The van der Waals surface area contributed by atoms with E-state index in [4.69, 9.17) is 20.6 Å². The molecule has 0 radical (unpaired) electrons. The van der Waals surface area contributed by atoms with Crippen molar-refractivity contribution in [3.8, 4) is 0 Å². The summed E-state index contributed by atoms with van der Waals surface area (Å²) in [6, 6.07) is 3.54. The van der Waals surface area contributed by atoms with Gasteiger partial charge in [-0.15, -0.1) is 0 Å². The van der Waals surface area contributed by atoms with E-state index in [1.54, 1.807) is 7.11 Å². The van der Waals surface area contributed by atoms with Crippen LogP contribution in [0.2, 0.25) is 0 Å². The van der Waals surface area contributed by atoms with Gasteiger partial charge in [-0.05, 0) is 56.7 Å². The molecule has 0 amide bonds. The largest absolute Gasteiger partial charge is 0.480 e. The average molecular weight is 364 g/mol. The van der Waals surface area contributed by atoms with Crippen molar-refractivity contribution >= 4 is 11.8 Å². The van der Waals surface area contributed by atoms with Crippen molar-refractivity contribution < 1.29 is 14.6 Å². The Balaban J connectivity index is 1.73. The van der Waals surface area contributed by atoms with Crippen LogP contribution in [0, 0.1) is 0 Å². The number of aryl methyl sites for hydroxylation is 2. The number of unbranched alkanes of at least 4 members (excludes halogenated alkanes) is 1. The van der Waals surface area contributed by atoms with Crippen molar-refractivity contribution in [3.63, 3.8) is 0 Å². The van der Waals surface area contributed by atoms with Crippen molar-refractivity contribution in [2.45, 2.75) is 44.6 Å². The van der Waals surface area contributed by atoms with Gasteiger partial charge in [0.2, 0.25) is 0 Å². The van der Waals surface area contributed by atoms with Gasteiger partial charge >= 0.3 is 5.97 Å². The quantitative estimate of drug-likeness (QED) is 0.483. The minimum atomic E-state index is -0.941. The van der Waals surface area contributed by atoms with Crippen molar-refractivity contribution in [2.24, 2.45) is 5.73 Å². The van der Waals surface area contributed by atoms with Gasteiger partial charge in [0.05, 0.1) is 6.61 Å². The predicted octanol–water partition coefficient (Wildman–Crippen LogP) is 1.51. The Kier molecular flexibility index (Phi) is 8.80. The number of hydrogen-bond acceptors (Lipinski definition) is 6. The van der Waals surface area contributed by atoms with Gasteiger partial charge < -0.3 is 25.8 Å². The van der Waals surface area contributed by atoms with E-state index >= 15 is 0 Å². The Bertz CT molecular complexity index is 568. The lowest BCUT2D eigenvalue weighted by Gasteiger charge is -2.23. The molecule has 0 spiro atoms.